The predicted molar refractivity (Wildman–Crippen MR) is 48.5 cm³/mol. The van der Waals surface area contributed by atoms with Crippen molar-refractivity contribution in [1.29, 1.82) is 0 Å². The summed E-state index contributed by atoms with van der Waals surface area (Å²) in [6.45, 7) is 1.58. The Morgan fingerprint density at radius 3 is 2.64 bits per heavy atom. The number of hydrogen-bond donors (Lipinski definition) is 2. The number of aromatic carboxylic acids is 1. The minimum absolute atomic E-state index is 0.255. The molecule has 2 N–H and O–H groups in total. The van der Waals surface area contributed by atoms with Crippen LogP contribution in [0, 0.1) is 6.92 Å². The number of aromatic amines is 1. The van der Waals surface area contributed by atoms with E-state index in [0.29, 0.717) is 17.4 Å². The molecule has 5 nitrogen and oxygen atoms in total. The number of carboxylic acid groups (broad SMARTS) is 1. The highest BCUT2D eigenvalue weighted by molar-refractivity contribution is 5.88. The van der Waals surface area contributed by atoms with E-state index in [1.807, 2.05) is 0 Å². The van der Waals surface area contributed by atoms with Gasteiger partial charge < -0.3 is 10.1 Å². The molecule has 0 spiro atoms. The van der Waals surface area contributed by atoms with Gasteiger partial charge in [-0.3, -0.25) is 4.79 Å². The number of aryl methyl sites for hydroxylation is 1. The largest absolute Gasteiger partial charge is 0.477 e. The molecule has 14 heavy (non-hydrogen) atoms. The summed E-state index contributed by atoms with van der Waals surface area (Å²) in [6, 6.07) is 0. The second kappa shape index (κ2) is 2.94. The molecule has 5 heteroatoms. The summed E-state index contributed by atoms with van der Waals surface area (Å²) < 4.78 is 0. The molecule has 1 heterocycles. The van der Waals surface area contributed by atoms with Crippen LogP contribution in [0.3, 0.4) is 0 Å². The third-order valence-electron chi connectivity index (χ3n) is 2.30. The molecule has 1 aliphatic rings. The third kappa shape index (κ3) is 1.41. The van der Waals surface area contributed by atoms with Crippen LogP contribution in [0.25, 0.3) is 0 Å². The first-order valence-corrected chi connectivity index (χ1v) is 4.43. The summed E-state index contributed by atoms with van der Waals surface area (Å²) in [5, 5.41) is 8.73. The number of nitrogens with one attached hydrogen (secondary N) is 1. The Labute approximate surface area is 79.8 Å². The number of carboxylic acids is 1. The van der Waals surface area contributed by atoms with Crippen molar-refractivity contribution < 1.29 is 9.90 Å². The Morgan fingerprint density at radius 2 is 2.21 bits per heavy atom. The molecule has 0 atom stereocenters. The standard InChI is InChI=1S/C9H10N2O3/c1-4-6(9(13)14)8(12)11-7(10-4)5-2-3-5/h5H,2-3H2,1H3,(H,13,14)(H,10,11,12). The predicted octanol–water partition coefficient (Wildman–Crippen LogP) is 0.654. The van der Waals surface area contributed by atoms with Gasteiger partial charge in [0.1, 0.15) is 11.4 Å². The van der Waals surface area contributed by atoms with Crippen LogP contribution in [-0.2, 0) is 0 Å². The minimum atomic E-state index is -1.22. The molecule has 0 bridgehead atoms. The third-order valence-corrected chi connectivity index (χ3v) is 2.30. The molecular formula is C9H10N2O3. The van der Waals surface area contributed by atoms with Crippen molar-refractivity contribution in [2.75, 3.05) is 0 Å². The number of nitrogens with zero attached hydrogens (tertiary/aromatic N) is 1. The lowest BCUT2D eigenvalue weighted by molar-refractivity contribution is 0.0693. The van der Waals surface area contributed by atoms with Crippen molar-refractivity contribution in [2.24, 2.45) is 0 Å². The first kappa shape index (κ1) is 8.93. The highest BCUT2D eigenvalue weighted by atomic mass is 16.4. The highest BCUT2D eigenvalue weighted by Crippen LogP contribution is 2.37. The van der Waals surface area contributed by atoms with Crippen LogP contribution in [0.5, 0.6) is 0 Å². The van der Waals surface area contributed by atoms with Gasteiger partial charge >= 0.3 is 5.97 Å². The highest BCUT2D eigenvalue weighted by Gasteiger charge is 2.27. The Kier molecular flexibility index (Phi) is 1.87. The molecule has 0 amide bonds. The van der Waals surface area contributed by atoms with Crippen LogP contribution >= 0.6 is 0 Å². The fourth-order valence-electron chi connectivity index (χ4n) is 1.41. The minimum Gasteiger partial charge on any atom is -0.477 e. The Hall–Kier alpha value is -1.65. The fraction of sp³-hybridized carbons (Fsp3) is 0.444. The zero-order valence-electron chi connectivity index (χ0n) is 7.70. The fourth-order valence-corrected chi connectivity index (χ4v) is 1.41. The van der Waals surface area contributed by atoms with E-state index in [1.165, 1.54) is 0 Å². The van der Waals surface area contributed by atoms with E-state index >= 15 is 0 Å². The second-order valence-corrected chi connectivity index (χ2v) is 3.51. The molecule has 1 saturated carbocycles. The lowest BCUT2D eigenvalue weighted by atomic mass is 10.2. The Balaban J connectivity index is 2.55. The number of carbonyl (C=O) groups is 1. The van der Waals surface area contributed by atoms with Crippen LogP contribution in [-0.4, -0.2) is 21.0 Å². The monoisotopic (exact) mass is 194 g/mol. The molecule has 1 aliphatic carbocycles. The summed E-state index contributed by atoms with van der Waals surface area (Å²) in [7, 11) is 0. The number of H-pyrrole nitrogens is 1. The van der Waals surface area contributed by atoms with E-state index in [9.17, 15) is 9.59 Å². The van der Waals surface area contributed by atoms with Gasteiger partial charge in [-0.2, -0.15) is 4.98 Å². The van der Waals surface area contributed by atoms with E-state index in [1.54, 1.807) is 6.92 Å². The molecular weight excluding hydrogens is 184 g/mol. The lowest BCUT2D eigenvalue weighted by Crippen LogP contribution is -2.22. The molecule has 0 unspecified atom stereocenters. The van der Waals surface area contributed by atoms with E-state index in [2.05, 4.69) is 9.97 Å². The van der Waals surface area contributed by atoms with E-state index < -0.39 is 11.5 Å². The summed E-state index contributed by atoms with van der Waals surface area (Å²) in [5.74, 6) is -0.277. The second-order valence-electron chi connectivity index (χ2n) is 3.51. The molecule has 1 aromatic rings. The van der Waals surface area contributed by atoms with Gasteiger partial charge in [-0.15, -0.1) is 0 Å². The molecule has 74 valence electrons. The van der Waals surface area contributed by atoms with E-state index in [4.69, 9.17) is 5.11 Å². The Bertz CT molecular complexity index is 446. The average Bonchev–Trinajstić information content (AvgIpc) is 2.83. The van der Waals surface area contributed by atoms with Gasteiger partial charge in [-0.1, -0.05) is 0 Å². The van der Waals surface area contributed by atoms with Crippen LogP contribution in [0.2, 0.25) is 0 Å². The molecule has 1 fully saturated rings. The van der Waals surface area contributed by atoms with Crippen molar-refractivity contribution in [3.05, 3.63) is 27.4 Å². The maximum absolute atomic E-state index is 11.3. The number of rotatable bonds is 2. The summed E-state index contributed by atoms with van der Waals surface area (Å²) in [6.07, 6.45) is 2.05. The normalized spacial score (nSPS) is 15.5. The first-order valence-electron chi connectivity index (χ1n) is 4.43. The lowest BCUT2D eigenvalue weighted by Gasteiger charge is -2.02. The molecule has 0 radical (unpaired) electrons. The van der Waals surface area contributed by atoms with Crippen molar-refractivity contribution in [1.82, 2.24) is 9.97 Å². The maximum Gasteiger partial charge on any atom is 0.343 e. The molecule has 2 rings (SSSR count). The maximum atomic E-state index is 11.3. The van der Waals surface area contributed by atoms with E-state index in [-0.39, 0.29) is 5.56 Å². The van der Waals surface area contributed by atoms with Crippen molar-refractivity contribution in [3.8, 4) is 0 Å². The zero-order chi connectivity index (χ0) is 10.3. The van der Waals surface area contributed by atoms with Gasteiger partial charge in [-0.05, 0) is 19.8 Å². The van der Waals surface area contributed by atoms with Gasteiger partial charge in [0, 0.05) is 11.6 Å². The molecule has 0 aromatic carbocycles. The molecule has 1 aromatic heterocycles. The first-order chi connectivity index (χ1) is 6.59. The van der Waals surface area contributed by atoms with Gasteiger partial charge in [0.2, 0.25) is 0 Å². The Morgan fingerprint density at radius 1 is 1.57 bits per heavy atom. The van der Waals surface area contributed by atoms with Gasteiger partial charge in [-0.25, -0.2) is 4.79 Å². The number of aromatic nitrogens is 2. The summed E-state index contributed by atoms with van der Waals surface area (Å²) in [5.41, 5.74) is -0.510. The van der Waals surface area contributed by atoms with E-state index in [0.717, 1.165) is 12.8 Å². The van der Waals surface area contributed by atoms with Crippen molar-refractivity contribution in [3.63, 3.8) is 0 Å². The van der Waals surface area contributed by atoms with Crippen molar-refractivity contribution >= 4 is 5.97 Å². The van der Waals surface area contributed by atoms with Gasteiger partial charge in [0.25, 0.3) is 5.56 Å². The average molecular weight is 194 g/mol. The molecule has 0 saturated heterocycles. The van der Waals surface area contributed by atoms with Gasteiger partial charge in [0.15, 0.2) is 0 Å². The zero-order valence-corrected chi connectivity index (χ0v) is 7.70. The SMILES string of the molecule is Cc1[nH]c(C2CC2)nc(=O)c1C(=O)O. The van der Waals surface area contributed by atoms with Crippen LogP contribution in [0.15, 0.2) is 4.79 Å². The van der Waals surface area contributed by atoms with Crippen LogP contribution in [0.4, 0.5) is 0 Å². The van der Waals surface area contributed by atoms with Gasteiger partial charge in [0.05, 0.1) is 0 Å². The number of hydrogen-bond acceptors (Lipinski definition) is 3. The van der Waals surface area contributed by atoms with Crippen LogP contribution < -0.4 is 5.56 Å². The molecule has 0 aliphatic heterocycles. The topological polar surface area (TPSA) is 83.0 Å². The van der Waals surface area contributed by atoms with Crippen LogP contribution in [0.1, 0.15) is 40.6 Å². The van der Waals surface area contributed by atoms with Crippen molar-refractivity contribution in [2.45, 2.75) is 25.7 Å². The summed E-state index contributed by atoms with van der Waals surface area (Å²) in [4.78, 5) is 28.6. The summed E-state index contributed by atoms with van der Waals surface area (Å²) >= 11 is 0. The smallest absolute Gasteiger partial charge is 0.343 e. The quantitative estimate of drug-likeness (QED) is 0.724.